The number of benzene rings is 3. The average Bonchev–Trinajstić information content (AvgIpc) is 2.89. The fourth-order valence-electron chi connectivity index (χ4n) is 4.25. The number of likely N-dealkylation sites (tertiary alicyclic amines) is 1. The maximum atomic E-state index is 12.9. The van der Waals surface area contributed by atoms with Crippen LogP contribution in [0.5, 0.6) is 5.75 Å². The molecule has 3 aromatic carbocycles. The van der Waals surface area contributed by atoms with Crippen molar-refractivity contribution >= 4 is 17.6 Å². The highest BCUT2D eigenvalue weighted by Crippen LogP contribution is 2.28. The molecule has 34 heavy (non-hydrogen) atoms. The van der Waals surface area contributed by atoms with Gasteiger partial charge in [0.2, 0.25) is 0 Å². The van der Waals surface area contributed by atoms with E-state index in [1.807, 2.05) is 90.7 Å². The van der Waals surface area contributed by atoms with Crippen molar-refractivity contribution in [1.82, 2.24) is 10.2 Å². The van der Waals surface area contributed by atoms with E-state index in [-0.39, 0.29) is 17.9 Å². The number of nitrogens with one attached hydrogen (secondary N) is 2. The van der Waals surface area contributed by atoms with Gasteiger partial charge in [0, 0.05) is 36.8 Å². The van der Waals surface area contributed by atoms with Crippen LogP contribution < -0.4 is 15.4 Å². The fraction of sp³-hybridized carbons (Fsp3) is 0.286. The van der Waals surface area contributed by atoms with E-state index in [0.717, 1.165) is 42.0 Å². The first kappa shape index (κ1) is 23.4. The minimum absolute atomic E-state index is 0.0911. The molecule has 176 valence electrons. The quantitative estimate of drug-likeness (QED) is 0.497. The molecular weight excluding hydrogens is 426 g/mol. The van der Waals surface area contributed by atoms with E-state index >= 15 is 0 Å². The van der Waals surface area contributed by atoms with Gasteiger partial charge in [-0.1, -0.05) is 42.5 Å². The van der Waals surface area contributed by atoms with Gasteiger partial charge < -0.3 is 20.3 Å². The summed E-state index contributed by atoms with van der Waals surface area (Å²) in [4.78, 5) is 27.4. The summed E-state index contributed by atoms with van der Waals surface area (Å²) in [6, 6.07) is 24.9. The Morgan fingerprint density at radius 2 is 1.79 bits per heavy atom. The number of urea groups is 1. The van der Waals surface area contributed by atoms with Crippen molar-refractivity contribution in [3.05, 3.63) is 95.6 Å². The van der Waals surface area contributed by atoms with Crippen molar-refractivity contribution in [3.8, 4) is 5.75 Å². The van der Waals surface area contributed by atoms with Gasteiger partial charge in [0.1, 0.15) is 5.75 Å². The molecule has 1 unspecified atom stereocenters. The molecule has 1 aliphatic rings. The zero-order chi connectivity index (χ0) is 23.8. The molecule has 1 fully saturated rings. The lowest BCUT2D eigenvalue weighted by molar-refractivity contribution is 0.0950. The van der Waals surface area contributed by atoms with Crippen molar-refractivity contribution in [2.75, 3.05) is 25.0 Å². The number of carbonyl (C=O) groups excluding carboxylic acids is 2. The summed E-state index contributed by atoms with van der Waals surface area (Å²) >= 11 is 0. The predicted molar refractivity (Wildman–Crippen MR) is 134 cm³/mol. The van der Waals surface area contributed by atoms with Gasteiger partial charge in [0.15, 0.2) is 0 Å². The van der Waals surface area contributed by atoms with Gasteiger partial charge in [-0.25, -0.2) is 4.79 Å². The summed E-state index contributed by atoms with van der Waals surface area (Å²) in [5, 5.41) is 5.97. The minimum atomic E-state index is -0.106. The van der Waals surface area contributed by atoms with Crippen LogP contribution in [-0.2, 0) is 6.54 Å². The molecule has 0 saturated carbocycles. The molecular formula is C28H31N3O3. The maximum absolute atomic E-state index is 12.9. The van der Waals surface area contributed by atoms with Crippen molar-refractivity contribution in [3.63, 3.8) is 0 Å². The highest BCUT2D eigenvalue weighted by atomic mass is 16.5. The van der Waals surface area contributed by atoms with Crippen LogP contribution in [0.1, 0.15) is 47.2 Å². The van der Waals surface area contributed by atoms with E-state index in [2.05, 4.69) is 10.6 Å². The normalized spacial score (nSPS) is 15.4. The van der Waals surface area contributed by atoms with E-state index in [9.17, 15) is 9.59 Å². The summed E-state index contributed by atoms with van der Waals surface area (Å²) in [6.07, 6.45) is 1.91. The van der Waals surface area contributed by atoms with Gasteiger partial charge in [-0.3, -0.25) is 4.79 Å². The number of piperidine rings is 1. The molecule has 0 aliphatic carbocycles. The van der Waals surface area contributed by atoms with E-state index in [0.29, 0.717) is 25.3 Å². The first-order chi connectivity index (χ1) is 16.6. The minimum Gasteiger partial charge on any atom is -0.494 e. The number of ether oxygens (including phenoxy) is 1. The Morgan fingerprint density at radius 3 is 2.56 bits per heavy atom. The smallest absolute Gasteiger partial charge is 0.321 e. The SMILES string of the molecule is CCOc1ccc(NC(=O)N2CCCC(c3cccc(C(=O)NCc4ccccc4)c3)C2)cc1. The number of hydrogen-bond acceptors (Lipinski definition) is 3. The van der Waals surface area contributed by atoms with Crippen LogP contribution in [0.25, 0.3) is 0 Å². The Bertz CT molecular complexity index is 1100. The molecule has 4 rings (SSSR count). The Hall–Kier alpha value is -3.80. The van der Waals surface area contributed by atoms with Gasteiger partial charge >= 0.3 is 6.03 Å². The monoisotopic (exact) mass is 457 g/mol. The van der Waals surface area contributed by atoms with E-state index in [4.69, 9.17) is 4.74 Å². The standard InChI is InChI=1S/C28H31N3O3/c1-2-34-26-15-13-25(14-16-26)30-28(33)31-17-7-12-24(20-31)22-10-6-11-23(18-22)27(32)29-19-21-8-4-3-5-9-21/h3-6,8-11,13-16,18,24H,2,7,12,17,19-20H2,1H3,(H,29,32)(H,30,33). The zero-order valence-electron chi connectivity index (χ0n) is 19.5. The molecule has 3 aromatic rings. The second kappa shape index (κ2) is 11.4. The van der Waals surface area contributed by atoms with Gasteiger partial charge in [-0.05, 0) is 67.3 Å². The highest BCUT2D eigenvalue weighted by Gasteiger charge is 2.25. The highest BCUT2D eigenvalue weighted by molar-refractivity contribution is 5.94. The summed E-state index contributed by atoms with van der Waals surface area (Å²) in [5.41, 5.74) is 3.54. The predicted octanol–water partition coefficient (Wildman–Crippen LogP) is 5.43. The van der Waals surface area contributed by atoms with Gasteiger partial charge in [-0.2, -0.15) is 0 Å². The lowest BCUT2D eigenvalue weighted by Gasteiger charge is -2.33. The molecule has 0 spiro atoms. The Kier molecular flexibility index (Phi) is 7.81. The number of rotatable bonds is 7. The summed E-state index contributed by atoms with van der Waals surface area (Å²) in [7, 11) is 0. The van der Waals surface area contributed by atoms with E-state index < -0.39 is 0 Å². The second-order valence-corrected chi connectivity index (χ2v) is 8.47. The van der Waals surface area contributed by atoms with Crippen LogP contribution >= 0.6 is 0 Å². The average molecular weight is 458 g/mol. The lowest BCUT2D eigenvalue weighted by Crippen LogP contribution is -2.41. The second-order valence-electron chi connectivity index (χ2n) is 8.47. The summed E-state index contributed by atoms with van der Waals surface area (Å²) in [5.74, 6) is 0.888. The van der Waals surface area contributed by atoms with Crippen LogP contribution in [0.3, 0.4) is 0 Å². The molecule has 1 saturated heterocycles. The maximum Gasteiger partial charge on any atom is 0.321 e. The molecule has 6 heteroatoms. The van der Waals surface area contributed by atoms with Crippen LogP contribution in [0.2, 0.25) is 0 Å². The third-order valence-electron chi connectivity index (χ3n) is 6.04. The van der Waals surface area contributed by atoms with E-state index in [1.54, 1.807) is 0 Å². The topological polar surface area (TPSA) is 70.7 Å². The van der Waals surface area contributed by atoms with Crippen LogP contribution in [0.15, 0.2) is 78.9 Å². The summed E-state index contributed by atoms with van der Waals surface area (Å²) < 4.78 is 5.46. The number of anilines is 1. The third-order valence-corrected chi connectivity index (χ3v) is 6.04. The number of carbonyl (C=O) groups is 2. The molecule has 1 heterocycles. The zero-order valence-corrected chi connectivity index (χ0v) is 19.5. The molecule has 0 bridgehead atoms. The van der Waals surface area contributed by atoms with Crippen LogP contribution in [0.4, 0.5) is 10.5 Å². The van der Waals surface area contributed by atoms with E-state index in [1.165, 1.54) is 0 Å². The molecule has 3 amide bonds. The molecule has 0 radical (unpaired) electrons. The first-order valence-electron chi connectivity index (χ1n) is 11.8. The Morgan fingerprint density at radius 1 is 1.00 bits per heavy atom. The van der Waals surface area contributed by atoms with Crippen molar-refractivity contribution in [1.29, 1.82) is 0 Å². The molecule has 0 aromatic heterocycles. The van der Waals surface area contributed by atoms with Crippen LogP contribution in [-0.4, -0.2) is 36.5 Å². The van der Waals surface area contributed by atoms with Crippen molar-refractivity contribution < 1.29 is 14.3 Å². The molecule has 6 nitrogen and oxygen atoms in total. The van der Waals surface area contributed by atoms with Crippen molar-refractivity contribution in [2.45, 2.75) is 32.2 Å². The number of amides is 3. The molecule has 2 N–H and O–H groups in total. The largest absolute Gasteiger partial charge is 0.494 e. The van der Waals surface area contributed by atoms with Crippen molar-refractivity contribution in [2.24, 2.45) is 0 Å². The number of nitrogens with zero attached hydrogens (tertiary/aromatic N) is 1. The van der Waals surface area contributed by atoms with Crippen LogP contribution in [0, 0.1) is 0 Å². The third kappa shape index (κ3) is 6.16. The number of hydrogen-bond donors (Lipinski definition) is 2. The Balaban J connectivity index is 1.35. The van der Waals surface area contributed by atoms with Gasteiger partial charge in [-0.15, -0.1) is 0 Å². The molecule has 1 aliphatic heterocycles. The Labute approximate surface area is 200 Å². The van der Waals surface area contributed by atoms with Gasteiger partial charge in [0.05, 0.1) is 6.61 Å². The molecule has 1 atom stereocenters. The summed E-state index contributed by atoms with van der Waals surface area (Å²) in [6.45, 7) is 4.38. The fourth-order valence-corrected chi connectivity index (χ4v) is 4.25. The van der Waals surface area contributed by atoms with Gasteiger partial charge in [0.25, 0.3) is 5.91 Å². The first-order valence-corrected chi connectivity index (χ1v) is 11.8. The lowest BCUT2D eigenvalue weighted by atomic mass is 9.89.